The summed E-state index contributed by atoms with van der Waals surface area (Å²) in [6.07, 6.45) is -1.17. The molecular weight excluding hydrogens is 957 g/mol. The van der Waals surface area contributed by atoms with Crippen molar-refractivity contribution in [1.29, 1.82) is 0 Å². The number of carbonyl (C=O) groups is 6. The number of piperazine rings is 1. The van der Waals surface area contributed by atoms with Crippen LogP contribution >= 0.6 is 0 Å². The lowest BCUT2D eigenvalue weighted by Crippen LogP contribution is -2.64. The molecule has 0 radical (unpaired) electrons. The fourth-order valence-electron chi connectivity index (χ4n) is 9.93. The number of aromatic amines is 1. The second kappa shape index (κ2) is 21.8. The van der Waals surface area contributed by atoms with Crippen LogP contribution in [0.25, 0.3) is 22.4 Å². The number of likely N-dealkylation sites (tertiary alicyclic amines) is 2. The van der Waals surface area contributed by atoms with Crippen LogP contribution in [-0.4, -0.2) is 136 Å². The van der Waals surface area contributed by atoms with Gasteiger partial charge in [-0.3, -0.25) is 19.2 Å². The Morgan fingerprint density at radius 1 is 0.836 bits per heavy atom. The van der Waals surface area contributed by atoms with Crippen LogP contribution in [0.1, 0.15) is 95.0 Å². The van der Waals surface area contributed by atoms with Crippen LogP contribution < -0.4 is 20.9 Å². The molecular formula is C51H62F4N10O8. The number of methoxy groups -OCH3 is 2. The summed E-state index contributed by atoms with van der Waals surface area (Å²) in [7, 11) is 2.43. The number of alkyl carbamates (subject to hydrolysis) is 2. The lowest BCUT2D eigenvalue weighted by molar-refractivity contribution is -0.152. The Kier molecular flexibility index (Phi) is 16.0. The Morgan fingerprint density at radius 3 is 2.07 bits per heavy atom. The van der Waals surface area contributed by atoms with E-state index < -0.39 is 70.6 Å². The minimum absolute atomic E-state index is 0.0396. The summed E-state index contributed by atoms with van der Waals surface area (Å²) in [6.45, 7) is 12.6. The molecule has 73 heavy (non-hydrogen) atoms. The number of anilines is 2. The molecule has 392 valence electrons. The molecule has 0 saturated carbocycles. The van der Waals surface area contributed by atoms with E-state index in [1.54, 1.807) is 59.9 Å². The highest BCUT2D eigenvalue weighted by Crippen LogP contribution is 2.41. The Balaban J connectivity index is 0.995. The first-order chi connectivity index (χ1) is 34.6. The van der Waals surface area contributed by atoms with Crippen molar-refractivity contribution in [2.24, 2.45) is 11.8 Å². The molecule has 0 aliphatic carbocycles. The average molecular weight is 1020 g/mol. The Bertz CT molecular complexity index is 2700. The molecule has 3 saturated heterocycles. The summed E-state index contributed by atoms with van der Waals surface area (Å²) in [5, 5.41) is 7.48. The van der Waals surface area contributed by atoms with E-state index in [9.17, 15) is 41.9 Å². The number of H-pyrrole nitrogens is 1. The third-order valence-corrected chi connectivity index (χ3v) is 14.0. The summed E-state index contributed by atoms with van der Waals surface area (Å²) >= 11 is 0. The van der Waals surface area contributed by atoms with E-state index >= 15 is 4.39 Å². The van der Waals surface area contributed by atoms with Gasteiger partial charge in [0.05, 0.1) is 42.8 Å². The molecule has 6 amide bonds. The number of imidazole rings is 1. The SMILES string of the molecule is COC(=O)N[C@H](C(=O)N1CCC[C@H]1c1nc(-c2ccc(-c3cc(F)c(NC(=O)c4ccc(N5CCN(C(=O)[C@]6(C)CCCN6C(=O)[C@@H](NC(=O)OC)C(C)C)C[C@H]5C)nc4)cc3C(F)(F)F)cc2)c[nH]1)C(C)C. The number of nitrogens with one attached hydrogen (secondary N) is 4. The lowest BCUT2D eigenvalue weighted by Gasteiger charge is -2.45. The molecule has 2 aromatic carbocycles. The number of hydrogen-bond acceptors (Lipinski definition) is 11. The second-order valence-corrected chi connectivity index (χ2v) is 19.5. The van der Waals surface area contributed by atoms with Crippen molar-refractivity contribution < 1.29 is 55.8 Å². The quantitative estimate of drug-likeness (QED) is 0.0970. The van der Waals surface area contributed by atoms with E-state index in [0.29, 0.717) is 87.4 Å². The summed E-state index contributed by atoms with van der Waals surface area (Å²) in [5.74, 6) is -2.36. The zero-order valence-electron chi connectivity index (χ0n) is 42.1. The molecule has 18 nitrogen and oxygen atoms in total. The fraction of sp³-hybridized carbons (Fsp3) is 0.490. The van der Waals surface area contributed by atoms with Crippen LogP contribution in [-0.2, 0) is 30.0 Å². The van der Waals surface area contributed by atoms with Gasteiger partial charge in [0, 0.05) is 56.7 Å². The van der Waals surface area contributed by atoms with E-state index in [1.165, 1.54) is 38.6 Å². The van der Waals surface area contributed by atoms with Crippen molar-refractivity contribution in [1.82, 2.24) is 40.3 Å². The van der Waals surface area contributed by atoms with Gasteiger partial charge in [0.2, 0.25) is 17.7 Å². The number of rotatable bonds is 13. The summed E-state index contributed by atoms with van der Waals surface area (Å²) in [5.41, 5.74) is -2.42. The number of aromatic nitrogens is 3. The van der Waals surface area contributed by atoms with E-state index in [2.05, 4.69) is 25.9 Å². The van der Waals surface area contributed by atoms with Crippen molar-refractivity contribution in [3.63, 3.8) is 0 Å². The molecule has 3 aliphatic heterocycles. The van der Waals surface area contributed by atoms with Crippen molar-refractivity contribution in [3.8, 4) is 22.4 Å². The molecule has 0 spiro atoms. The molecule has 5 heterocycles. The van der Waals surface area contributed by atoms with E-state index in [4.69, 9.17) is 14.5 Å². The van der Waals surface area contributed by atoms with Crippen LogP contribution in [0.2, 0.25) is 0 Å². The number of pyridine rings is 1. The van der Waals surface area contributed by atoms with Crippen LogP contribution in [0.3, 0.4) is 0 Å². The molecule has 4 aromatic rings. The number of carbonyl (C=O) groups excluding carboxylic acids is 6. The highest BCUT2D eigenvalue weighted by Gasteiger charge is 2.50. The lowest BCUT2D eigenvalue weighted by atomic mass is 9.93. The molecule has 7 rings (SSSR count). The number of alkyl halides is 3. The molecule has 4 N–H and O–H groups in total. The van der Waals surface area contributed by atoms with E-state index in [-0.39, 0.29) is 46.7 Å². The number of nitrogens with zero attached hydrogens (tertiary/aromatic N) is 6. The second-order valence-electron chi connectivity index (χ2n) is 19.5. The van der Waals surface area contributed by atoms with E-state index in [0.717, 1.165) is 6.07 Å². The standard InChI is InChI=1S/C51H62F4N10O8/c1-28(2)41(60-48(70)72-7)45(67)64-19-9-11-39(64)43-57-26-38(58-43)32-14-12-31(13-15-32)34-23-36(52)37(24-35(34)51(53,54)55)59-44(66)33-16-17-40(56-25-33)63-22-21-62(27-30(63)5)47(69)50(6)18-10-20-65(50)46(68)42(29(3)4)61-49(71)73-8/h12-17,23-26,28-30,39,41-42H,9-11,18-22,27H2,1-8H3,(H,57,58)(H,59,66)(H,60,70)(H,61,71)/t30-,39+,41+,42+,50+/m1/s1. The highest BCUT2D eigenvalue weighted by molar-refractivity contribution is 6.04. The van der Waals surface area contributed by atoms with Gasteiger partial charge in [-0.25, -0.2) is 23.9 Å². The van der Waals surface area contributed by atoms with Gasteiger partial charge in [-0.05, 0) is 86.8 Å². The van der Waals surface area contributed by atoms with Crippen LogP contribution in [0, 0.1) is 17.7 Å². The van der Waals surface area contributed by atoms with Gasteiger partial charge in [0.1, 0.15) is 35.1 Å². The normalized spacial score (nSPS) is 20.0. The molecule has 0 unspecified atom stereocenters. The number of benzene rings is 2. The Labute approximate surface area is 420 Å². The zero-order valence-corrected chi connectivity index (χ0v) is 42.1. The van der Waals surface area contributed by atoms with Crippen LogP contribution in [0.15, 0.2) is 60.9 Å². The first kappa shape index (κ1) is 53.5. The van der Waals surface area contributed by atoms with Crippen molar-refractivity contribution >= 4 is 47.3 Å². The Morgan fingerprint density at radius 2 is 1.48 bits per heavy atom. The summed E-state index contributed by atoms with van der Waals surface area (Å²) in [4.78, 5) is 98.0. The predicted molar refractivity (Wildman–Crippen MR) is 261 cm³/mol. The van der Waals surface area contributed by atoms with Crippen molar-refractivity contribution in [3.05, 3.63) is 83.7 Å². The molecule has 0 bridgehead atoms. The first-order valence-corrected chi connectivity index (χ1v) is 24.3. The third-order valence-electron chi connectivity index (χ3n) is 14.0. The zero-order chi connectivity index (χ0) is 53.1. The maximum absolute atomic E-state index is 15.7. The smallest absolute Gasteiger partial charge is 0.417 e. The highest BCUT2D eigenvalue weighted by atomic mass is 19.4. The van der Waals surface area contributed by atoms with Gasteiger partial charge < -0.3 is 50.0 Å². The molecule has 2 aromatic heterocycles. The number of halogens is 4. The van der Waals surface area contributed by atoms with Crippen LogP contribution in [0.5, 0.6) is 0 Å². The predicted octanol–water partition coefficient (Wildman–Crippen LogP) is 7.39. The first-order valence-electron chi connectivity index (χ1n) is 24.3. The third kappa shape index (κ3) is 11.4. The minimum Gasteiger partial charge on any atom is -0.453 e. The number of hydrogen-bond donors (Lipinski definition) is 4. The van der Waals surface area contributed by atoms with Crippen molar-refractivity contribution in [2.75, 3.05) is 57.2 Å². The average Bonchev–Trinajstić information content (AvgIpc) is 4.15. The Hall–Kier alpha value is -7.26. The molecule has 3 fully saturated rings. The maximum Gasteiger partial charge on any atom is 0.417 e. The molecule has 22 heteroatoms. The monoisotopic (exact) mass is 1020 g/mol. The largest absolute Gasteiger partial charge is 0.453 e. The van der Waals surface area contributed by atoms with Gasteiger partial charge in [-0.2, -0.15) is 13.2 Å². The van der Waals surface area contributed by atoms with Gasteiger partial charge in [0.15, 0.2) is 0 Å². The summed E-state index contributed by atoms with van der Waals surface area (Å²) in [6, 6.07) is 7.85. The maximum atomic E-state index is 15.7. The van der Waals surface area contributed by atoms with Crippen molar-refractivity contribution in [2.45, 2.75) is 103 Å². The van der Waals surface area contributed by atoms with Gasteiger partial charge >= 0.3 is 18.4 Å². The minimum atomic E-state index is -4.94. The van der Waals surface area contributed by atoms with Gasteiger partial charge in [-0.15, -0.1) is 0 Å². The van der Waals surface area contributed by atoms with E-state index in [1.807, 2.05) is 25.7 Å². The molecule has 5 atom stereocenters. The van der Waals surface area contributed by atoms with Gasteiger partial charge in [0.25, 0.3) is 5.91 Å². The van der Waals surface area contributed by atoms with Crippen LogP contribution in [0.4, 0.5) is 38.7 Å². The number of amides is 6. The fourth-order valence-corrected chi connectivity index (χ4v) is 9.93. The topological polar surface area (TPSA) is 211 Å². The number of ether oxygens (including phenoxy) is 2. The van der Waals surface area contributed by atoms with Gasteiger partial charge in [-0.1, -0.05) is 52.0 Å². The molecule has 3 aliphatic rings. The summed E-state index contributed by atoms with van der Waals surface area (Å²) < 4.78 is 69.2.